The van der Waals surface area contributed by atoms with Crippen molar-refractivity contribution in [1.29, 1.82) is 0 Å². The molecule has 5 nitrogen and oxygen atoms in total. The highest BCUT2D eigenvalue weighted by molar-refractivity contribution is 7.99. The first-order chi connectivity index (χ1) is 16.0. The number of amides is 1. The maximum absolute atomic E-state index is 12.6. The summed E-state index contributed by atoms with van der Waals surface area (Å²) in [7, 11) is 0. The lowest BCUT2D eigenvalue weighted by molar-refractivity contribution is -0.113. The van der Waals surface area contributed by atoms with Crippen molar-refractivity contribution >= 4 is 35.0 Å². The van der Waals surface area contributed by atoms with Crippen LogP contribution in [0.3, 0.4) is 0 Å². The zero-order valence-electron chi connectivity index (χ0n) is 19.7. The number of hydrogen-bond acceptors (Lipinski definition) is 4. The van der Waals surface area contributed by atoms with Crippen LogP contribution in [0.15, 0.2) is 47.6 Å². The summed E-state index contributed by atoms with van der Waals surface area (Å²) in [6.07, 6.45) is 7.34. The number of hydrogen-bond donors (Lipinski definition) is 1. The number of aryl methyl sites for hydroxylation is 1. The van der Waals surface area contributed by atoms with E-state index >= 15 is 0 Å². The normalized spacial score (nSPS) is 11.0. The van der Waals surface area contributed by atoms with Gasteiger partial charge in [-0.1, -0.05) is 92.2 Å². The van der Waals surface area contributed by atoms with Gasteiger partial charge in [0.2, 0.25) is 5.91 Å². The van der Waals surface area contributed by atoms with Crippen LogP contribution in [-0.4, -0.2) is 26.4 Å². The summed E-state index contributed by atoms with van der Waals surface area (Å²) < 4.78 is 2.16. The second kappa shape index (κ2) is 12.8. The molecule has 0 aliphatic heterocycles. The minimum atomic E-state index is -0.0865. The monoisotopic (exact) mass is 484 g/mol. The number of aromatic nitrogens is 3. The van der Waals surface area contributed by atoms with Crippen molar-refractivity contribution in [3.8, 4) is 11.4 Å². The number of unbranched alkanes of at least 4 members (excludes halogenated alkanes) is 5. The van der Waals surface area contributed by atoms with E-state index in [-0.39, 0.29) is 11.7 Å². The third-order valence-electron chi connectivity index (χ3n) is 5.60. The largest absolute Gasteiger partial charge is 0.325 e. The van der Waals surface area contributed by atoms with Crippen LogP contribution in [-0.2, 0) is 11.3 Å². The number of benzene rings is 2. The molecule has 1 aromatic heterocycles. The lowest BCUT2D eigenvalue weighted by Crippen LogP contribution is -2.15. The Morgan fingerprint density at radius 3 is 2.58 bits per heavy atom. The molecule has 33 heavy (non-hydrogen) atoms. The molecule has 1 N–H and O–H groups in total. The highest BCUT2D eigenvalue weighted by atomic mass is 35.5. The van der Waals surface area contributed by atoms with Gasteiger partial charge in [-0.2, -0.15) is 0 Å². The van der Waals surface area contributed by atoms with Crippen molar-refractivity contribution < 1.29 is 4.79 Å². The standard InChI is InChI=1S/C26H33ClN4OS/c1-4-5-6-7-8-9-16-31-25(21-13-10-12-19(2)17-21)29-30-26(31)33-18-24(32)28-23-15-11-14-22(27)20(23)3/h10-15,17H,4-9,16,18H2,1-3H3,(H,28,32). The fourth-order valence-corrected chi connectivity index (χ4v) is 4.64. The molecule has 3 aromatic rings. The highest BCUT2D eigenvalue weighted by Crippen LogP contribution is 2.27. The Labute approximate surface area is 206 Å². The Morgan fingerprint density at radius 2 is 1.79 bits per heavy atom. The maximum Gasteiger partial charge on any atom is 0.234 e. The van der Waals surface area contributed by atoms with Gasteiger partial charge in [0.25, 0.3) is 0 Å². The first kappa shape index (κ1) is 25.3. The molecule has 0 fully saturated rings. The Morgan fingerprint density at radius 1 is 1.03 bits per heavy atom. The fourth-order valence-electron chi connectivity index (χ4n) is 3.70. The minimum Gasteiger partial charge on any atom is -0.325 e. The molecule has 7 heteroatoms. The van der Waals surface area contributed by atoms with Gasteiger partial charge in [-0.15, -0.1) is 10.2 Å². The van der Waals surface area contributed by atoms with Crippen molar-refractivity contribution in [3.05, 3.63) is 58.6 Å². The molecule has 0 aliphatic rings. The van der Waals surface area contributed by atoms with Crippen LogP contribution in [0, 0.1) is 13.8 Å². The maximum atomic E-state index is 12.6. The van der Waals surface area contributed by atoms with E-state index in [2.05, 4.69) is 52.1 Å². The molecule has 1 heterocycles. The Bertz CT molecular complexity index is 1070. The van der Waals surface area contributed by atoms with Crippen LogP contribution in [0.1, 0.15) is 56.6 Å². The van der Waals surface area contributed by atoms with E-state index in [0.29, 0.717) is 5.02 Å². The second-order valence-corrected chi connectivity index (χ2v) is 9.69. The summed E-state index contributed by atoms with van der Waals surface area (Å²) >= 11 is 7.59. The summed E-state index contributed by atoms with van der Waals surface area (Å²) in [6, 6.07) is 13.8. The molecule has 0 radical (unpaired) electrons. The number of anilines is 1. The van der Waals surface area contributed by atoms with Crippen molar-refractivity contribution in [2.75, 3.05) is 11.1 Å². The summed E-state index contributed by atoms with van der Waals surface area (Å²) in [6.45, 7) is 7.06. The number of halogens is 1. The average Bonchev–Trinajstić information content (AvgIpc) is 3.20. The number of nitrogens with one attached hydrogen (secondary N) is 1. The van der Waals surface area contributed by atoms with E-state index in [1.165, 1.54) is 49.4 Å². The molecular formula is C26H33ClN4OS. The van der Waals surface area contributed by atoms with E-state index in [1.54, 1.807) is 0 Å². The Kier molecular flexibility index (Phi) is 9.82. The number of nitrogens with zero attached hydrogens (tertiary/aromatic N) is 3. The highest BCUT2D eigenvalue weighted by Gasteiger charge is 2.16. The molecule has 0 spiro atoms. The van der Waals surface area contributed by atoms with E-state index < -0.39 is 0 Å². The van der Waals surface area contributed by atoms with Gasteiger partial charge in [0, 0.05) is 22.8 Å². The Hall–Kier alpha value is -2.31. The van der Waals surface area contributed by atoms with Crippen LogP contribution < -0.4 is 5.32 Å². The molecule has 0 unspecified atom stereocenters. The van der Waals surface area contributed by atoms with Gasteiger partial charge in [0.1, 0.15) is 0 Å². The summed E-state index contributed by atoms with van der Waals surface area (Å²) in [5.74, 6) is 1.03. The molecule has 0 saturated carbocycles. The van der Waals surface area contributed by atoms with Gasteiger partial charge in [-0.25, -0.2) is 0 Å². The van der Waals surface area contributed by atoms with Crippen molar-refractivity contribution in [2.45, 2.75) is 71.0 Å². The van der Waals surface area contributed by atoms with Crippen molar-refractivity contribution in [2.24, 2.45) is 0 Å². The summed E-state index contributed by atoms with van der Waals surface area (Å²) in [5, 5.41) is 13.3. The zero-order valence-corrected chi connectivity index (χ0v) is 21.3. The van der Waals surface area contributed by atoms with Crippen molar-refractivity contribution in [1.82, 2.24) is 14.8 Å². The first-order valence-electron chi connectivity index (χ1n) is 11.7. The van der Waals surface area contributed by atoms with Crippen LogP contribution in [0.4, 0.5) is 5.69 Å². The molecule has 0 saturated heterocycles. The van der Waals surface area contributed by atoms with E-state index in [0.717, 1.165) is 40.8 Å². The molecule has 1 amide bonds. The molecular weight excluding hydrogens is 452 g/mol. The third-order valence-corrected chi connectivity index (χ3v) is 6.98. The van der Waals surface area contributed by atoms with E-state index in [9.17, 15) is 4.79 Å². The van der Waals surface area contributed by atoms with E-state index in [1.807, 2.05) is 31.2 Å². The topological polar surface area (TPSA) is 59.8 Å². The molecule has 0 aliphatic carbocycles. The van der Waals surface area contributed by atoms with Gasteiger partial charge < -0.3 is 9.88 Å². The Balaban J connectivity index is 1.69. The lowest BCUT2D eigenvalue weighted by Gasteiger charge is -2.12. The predicted octanol–water partition coefficient (Wildman–Crippen LogP) is 7.31. The quantitative estimate of drug-likeness (QED) is 0.216. The van der Waals surface area contributed by atoms with Crippen LogP contribution >= 0.6 is 23.4 Å². The van der Waals surface area contributed by atoms with Crippen LogP contribution in [0.25, 0.3) is 11.4 Å². The molecule has 176 valence electrons. The van der Waals surface area contributed by atoms with Gasteiger partial charge in [0.05, 0.1) is 5.75 Å². The number of carbonyl (C=O) groups excluding carboxylic acids is 1. The van der Waals surface area contributed by atoms with Crippen molar-refractivity contribution in [3.63, 3.8) is 0 Å². The average molecular weight is 485 g/mol. The SMILES string of the molecule is CCCCCCCCn1c(SCC(=O)Nc2cccc(Cl)c2C)nnc1-c1cccc(C)c1. The lowest BCUT2D eigenvalue weighted by atomic mass is 10.1. The van der Waals surface area contributed by atoms with Gasteiger partial charge in [-0.3, -0.25) is 4.79 Å². The second-order valence-electron chi connectivity index (χ2n) is 8.34. The molecule has 3 rings (SSSR count). The van der Waals surface area contributed by atoms with E-state index in [4.69, 9.17) is 11.6 Å². The molecule has 0 bridgehead atoms. The predicted molar refractivity (Wildman–Crippen MR) is 139 cm³/mol. The van der Waals surface area contributed by atoms with Gasteiger partial charge in [-0.05, 0) is 44.0 Å². The summed E-state index contributed by atoms with van der Waals surface area (Å²) in [4.78, 5) is 12.6. The molecule has 0 atom stereocenters. The summed E-state index contributed by atoms with van der Waals surface area (Å²) in [5.41, 5.74) is 3.85. The van der Waals surface area contributed by atoms with Crippen LogP contribution in [0.5, 0.6) is 0 Å². The van der Waals surface area contributed by atoms with Crippen LogP contribution in [0.2, 0.25) is 5.02 Å². The first-order valence-corrected chi connectivity index (χ1v) is 13.0. The zero-order chi connectivity index (χ0) is 23.6. The smallest absolute Gasteiger partial charge is 0.234 e. The number of carbonyl (C=O) groups is 1. The third kappa shape index (κ3) is 7.34. The minimum absolute atomic E-state index is 0.0865. The van der Waals surface area contributed by atoms with Gasteiger partial charge in [0.15, 0.2) is 11.0 Å². The fraction of sp³-hybridized carbons (Fsp3) is 0.423. The molecule has 2 aromatic carbocycles. The number of rotatable bonds is 12. The number of thioether (sulfide) groups is 1. The van der Waals surface area contributed by atoms with Gasteiger partial charge >= 0.3 is 0 Å².